The van der Waals surface area contributed by atoms with E-state index >= 15 is 0 Å². The van der Waals surface area contributed by atoms with Crippen LogP contribution in [-0.4, -0.2) is 22.0 Å². The van der Waals surface area contributed by atoms with Crippen LogP contribution in [0.25, 0.3) is 0 Å². The molecule has 2 aromatic rings. The van der Waals surface area contributed by atoms with Gasteiger partial charge in [0.05, 0.1) is 17.9 Å². The smallest absolute Gasteiger partial charge is 0.194 e. The predicted octanol–water partition coefficient (Wildman–Crippen LogP) is 2.41. The van der Waals surface area contributed by atoms with Gasteiger partial charge in [0, 0.05) is 6.54 Å². The third kappa shape index (κ3) is 2.67. The highest BCUT2D eigenvalue weighted by atomic mass is 19.2. The summed E-state index contributed by atoms with van der Waals surface area (Å²) in [5.41, 5.74) is 0.948. The van der Waals surface area contributed by atoms with Gasteiger partial charge in [-0.25, -0.2) is 17.9 Å². The van der Waals surface area contributed by atoms with Crippen molar-refractivity contribution in [1.29, 1.82) is 0 Å². The molecular formula is C13H15F3N4. The number of nitrogens with one attached hydrogen (secondary N) is 1. The van der Waals surface area contributed by atoms with Crippen molar-refractivity contribution in [2.75, 3.05) is 7.05 Å². The summed E-state index contributed by atoms with van der Waals surface area (Å²) in [6.45, 7) is 2.62. The minimum absolute atomic E-state index is 0.281. The van der Waals surface area contributed by atoms with Gasteiger partial charge in [0.2, 0.25) is 0 Å². The summed E-state index contributed by atoms with van der Waals surface area (Å²) in [6.07, 6.45) is 2.37. The molecule has 0 bridgehead atoms. The molecule has 1 N–H and O–H groups in total. The van der Waals surface area contributed by atoms with Gasteiger partial charge in [-0.05, 0) is 31.2 Å². The molecule has 1 heterocycles. The van der Waals surface area contributed by atoms with E-state index < -0.39 is 23.5 Å². The van der Waals surface area contributed by atoms with E-state index in [0.29, 0.717) is 12.2 Å². The molecule has 0 saturated heterocycles. The molecule has 2 rings (SSSR count). The van der Waals surface area contributed by atoms with E-state index in [2.05, 4.69) is 15.6 Å². The molecule has 4 nitrogen and oxygen atoms in total. The van der Waals surface area contributed by atoms with E-state index in [1.807, 2.05) is 6.92 Å². The predicted molar refractivity (Wildman–Crippen MR) is 67.5 cm³/mol. The molecule has 108 valence electrons. The molecule has 20 heavy (non-hydrogen) atoms. The summed E-state index contributed by atoms with van der Waals surface area (Å²) in [7, 11) is 1.65. The molecule has 1 unspecified atom stereocenters. The third-order valence-corrected chi connectivity index (χ3v) is 3.01. The first-order chi connectivity index (χ1) is 9.58. The van der Waals surface area contributed by atoms with Crippen LogP contribution in [0.15, 0.2) is 18.3 Å². The van der Waals surface area contributed by atoms with Crippen LogP contribution < -0.4 is 5.32 Å². The Morgan fingerprint density at radius 1 is 1.25 bits per heavy atom. The first-order valence-corrected chi connectivity index (χ1v) is 6.28. The van der Waals surface area contributed by atoms with E-state index in [9.17, 15) is 13.2 Å². The lowest BCUT2D eigenvalue weighted by Gasteiger charge is -2.18. The Morgan fingerprint density at radius 3 is 2.45 bits per heavy atom. The second-order valence-electron chi connectivity index (χ2n) is 4.40. The van der Waals surface area contributed by atoms with Crippen molar-refractivity contribution in [3.05, 3.63) is 47.0 Å². The molecule has 7 heteroatoms. The molecule has 0 radical (unpaired) electrons. The number of rotatable bonds is 5. The molecule has 1 atom stereocenters. The third-order valence-electron chi connectivity index (χ3n) is 3.01. The minimum Gasteiger partial charge on any atom is -0.308 e. The highest BCUT2D eigenvalue weighted by Crippen LogP contribution is 2.24. The summed E-state index contributed by atoms with van der Waals surface area (Å²) in [6, 6.07) is 1.44. The summed E-state index contributed by atoms with van der Waals surface area (Å²) in [5, 5.41) is 10.7. The van der Waals surface area contributed by atoms with Crippen molar-refractivity contribution < 1.29 is 13.2 Å². The number of hydrogen-bond donors (Lipinski definition) is 1. The number of hydrogen-bond acceptors (Lipinski definition) is 3. The van der Waals surface area contributed by atoms with Crippen molar-refractivity contribution in [3.63, 3.8) is 0 Å². The van der Waals surface area contributed by atoms with Crippen molar-refractivity contribution in [3.8, 4) is 0 Å². The Morgan fingerprint density at radius 2 is 1.90 bits per heavy atom. The van der Waals surface area contributed by atoms with E-state index in [1.54, 1.807) is 11.7 Å². The van der Waals surface area contributed by atoms with Crippen LogP contribution in [0.5, 0.6) is 0 Å². The zero-order valence-corrected chi connectivity index (χ0v) is 11.2. The molecule has 0 aliphatic rings. The van der Waals surface area contributed by atoms with Gasteiger partial charge in [0.1, 0.15) is 0 Å². The maximum atomic E-state index is 13.3. The highest BCUT2D eigenvalue weighted by molar-refractivity contribution is 5.28. The molecule has 0 spiro atoms. The van der Waals surface area contributed by atoms with Gasteiger partial charge in [0.25, 0.3) is 0 Å². The lowest BCUT2D eigenvalue weighted by atomic mass is 10.0. The molecular weight excluding hydrogens is 269 g/mol. The van der Waals surface area contributed by atoms with Crippen molar-refractivity contribution in [2.24, 2.45) is 0 Å². The average Bonchev–Trinajstić information content (AvgIpc) is 2.86. The van der Waals surface area contributed by atoms with Crippen LogP contribution in [0.1, 0.15) is 30.6 Å². The SMILES string of the molecule is CCCn1nncc1C(NC)c1cc(F)c(F)c(F)c1. The fraction of sp³-hybridized carbons (Fsp3) is 0.385. The van der Waals surface area contributed by atoms with Gasteiger partial charge in [-0.15, -0.1) is 5.10 Å². The Kier molecular flexibility index (Phi) is 4.39. The molecule has 0 saturated carbocycles. The largest absolute Gasteiger partial charge is 0.308 e. The van der Waals surface area contributed by atoms with E-state index in [4.69, 9.17) is 0 Å². The Bertz CT molecular complexity index is 574. The molecule has 0 amide bonds. The van der Waals surface area contributed by atoms with E-state index in [1.165, 1.54) is 6.20 Å². The molecule has 0 aliphatic carbocycles. The first kappa shape index (κ1) is 14.5. The van der Waals surface area contributed by atoms with Crippen LogP contribution in [0.4, 0.5) is 13.2 Å². The molecule has 1 aromatic heterocycles. The standard InChI is InChI=1S/C13H15F3N4/c1-3-4-20-11(7-18-19-20)13(17-2)8-5-9(14)12(16)10(15)6-8/h5-7,13,17H,3-4H2,1-2H3. The van der Waals surface area contributed by atoms with E-state index in [-0.39, 0.29) is 5.56 Å². The minimum atomic E-state index is -1.47. The first-order valence-electron chi connectivity index (χ1n) is 6.28. The second kappa shape index (κ2) is 6.04. The van der Waals surface area contributed by atoms with Crippen molar-refractivity contribution in [2.45, 2.75) is 25.9 Å². The lowest BCUT2D eigenvalue weighted by Crippen LogP contribution is -2.22. The van der Waals surface area contributed by atoms with Crippen LogP contribution in [0.3, 0.4) is 0 Å². The fourth-order valence-electron chi connectivity index (χ4n) is 2.10. The van der Waals surface area contributed by atoms with E-state index in [0.717, 1.165) is 18.6 Å². The Balaban J connectivity index is 2.44. The summed E-state index contributed by atoms with van der Waals surface area (Å²) >= 11 is 0. The topological polar surface area (TPSA) is 42.7 Å². The van der Waals surface area contributed by atoms with Gasteiger partial charge in [0.15, 0.2) is 17.5 Å². The highest BCUT2D eigenvalue weighted by Gasteiger charge is 2.21. The van der Waals surface area contributed by atoms with Crippen molar-refractivity contribution >= 4 is 0 Å². The number of halogens is 3. The number of benzene rings is 1. The molecule has 0 aliphatic heterocycles. The van der Waals surface area contributed by atoms with Gasteiger partial charge >= 0.3 is 0 Å². The maximum absolute atomic E-state index is 13.3. The Labute approximate surface area is 114 Å². The molecule has 1 aromatic carbocycles. The zero-order valence-electron chi connectivity index (χ0n) is 11.2. The lowest BCUT2D eigenvalue weighted by molar-refractivity contribution is 0.441. The Hall–Kier alpha value is -1.89. The number of aromatic nitrogens is 3. The summed E-state index contributed by atoms with van der Waals surface area (Å²) in [4.78, 5) is 0. The summed E-state index contributed by atoms with van der Waals surface area (Å²) < 4.78 is 41.4. The van der Waals surface area contributed by atoms with Gasteiger partial charge in [-0.1, -0.05) is 12.1 Å². The quantitative estimate of drug-likeness (QED) is 0.857. The van der Waals surface area contributed by atoms with Crippen LogP contribution in [0, 0.1) is 17.5 Å². The van der Waals surface area contributed by atoms with Crippen LogP contribution in [0.2, 0.25) is 0 Å². The van der Waals surface area contributed by atoms with Gasteiger partial charge < -0.3 is 5.32 Å². The monoisotopic (exact) mass is 284 g/mol. The second-order valence-corrected chi connectivity index (χ2v) is 4.40. The number of aryl methyl sites for hydroxylation is 1. The van der Waals surface area contributed by atoms with Crippen molar-refractivity contribution in [1.82, 2.24) is 20.3 Å². The fourth-order valence-corrected chi connectivity index (χ4v) is 2.10. The maximum Gasteiger partial charge on any atom is 0.194 e. The molecule has 0 fully saturated rings. The van der Waals surface area contributed by atoms with Gasteiger partial charge in [-0.2, -0.15) is 0 Å². The number of nitrogens with zero attached hydrogens (tertiary/aromatic N) is 3. The van der Waals surface area contributed by atoms with Crippen LogP contribution in [-0.2, 0) is 6.54 Å². The summed E-state index contributed by atoms with van der Waals surface area (Å²) in [5.74, 6) is -3.90. The van der Waals surface area contributed by atoms with Crippen LogP contribution >= 0.6 is 0 Å². The normalized spacial score (nSPS) is 12.7. The average molecular weight is 284 g/mol. The van der Waals surface area contributed by atoms with Gasteiger partial charge in [-0.3, -0.25) is 0 Å². The zero-order chi connectivity index (χ0) is 14.7.